The molecule has 0 saturated carbocycles. The Balaban J connectivity index is 3.67. The first-order valence-corrected chi connectivity index (χ1v) is 11.3. The Morgan fingerprint density at radius 2 is 1.17 bits per heavy atom. The molecule has 2 unspecified atom stereocenters. The van der Waals surface area contributed by atoms with E-state index in [1.165, 1.54) is 64.2 Å². The predicted molar refractivity (Wildman–Crippen MR) is 111 cm³/mol. The molecule has 0 amide bonds. The smallest absolute Gasteiger partial charge is 0.345 e. The van der Waals surface area contributed by atoms with Gasteiger partial charge in [0, 0.05) is 0 Å². The summed E-state index contributed by atoms with van der Waals surface area (Å²) in [5.41, 5.74) is 0. The van der Waals surface area contributed by atoms with Gasteiger partial charge in [-0.15, -0.1) is 0 Å². The van der Waals surface area contributed by atoms with Crippen molar-refractivity contribution in [2.45, 2.75) is 115 Å². The van der Waals surface area contributed by atoms with Gasteiger partial charge in [-0.2, -0.15) is 0 Å². The van der Waals surface area contributed by atoms with Crippen LogP contribution >= 0.6 is 0 Å². The quantitative estimate of drug-likeness (QED) is 0.120. The Morgan fingerprint density at radius 3 is 1.59 bits per heavy atom. The molecular weight excluding hydrogens is 376 g/mol. The Kier molecular flexibility index (Phi) is 19.5. The van der Waals surface area contributed by atoms with E-state index in [1.807, 2.05) is 0 Å². The van der Waals surface area contributed by atoms with E-state index >= 15 is 0 Å². The van der Waals surface area contributed by atoms with E-state index in [0.717, 1.165) is 19.3 Å². The Labute approximate surface area is 175 Å². The number of esters is 2. The Morgan fingerprint density at radius 1 is 0.724 bits per heavy atom. The number of unbranched alkanes of at least 4 members (excludes halogenated alkanes) is 13. The van der Waals surface area contributed by atoms with Crippen LogP contribution in [0.25, 0.3) is 0 Å². The summed E-state index contributed by atoms with van der Waals surface area (Å²) < 4.78 is 9.38. The highest BCUT2D eigenvalue weighted by Crippen LogP contribution is 2.15. The lowest BCUT2D eigenvalue weighted by atomic mass is 10.0. The van der Waals surface area contributed by atoms with Crippen molar-refractivity contribution in [3.05, 3.63) is 0 Å². The van der Waals surface area contributed by atoms with Crippen LogP contribution in [-0.2, 0) is 19.1 Å². The topological polar surface area (TPSA) is 113 Å². The zero-order valence-electron chi connectivity index (χ0n) is 18.2. The lowest BCUT2D eigenvalue weighted by Gasteiger charge is -2.15. The monoisotopic (exact) mass is 418 g/mol. The minimum Gasteiger partial charge on any atom is -0.393 e. The van der Waals surface area contributed by atoms with Crippen molar-refractivity contribution >= 4 is 11.9 Å². The Bertz CT molecular complexity index is 401. The highest BCUT2D eigenvalue weighted by Gasteiger charge is 2.26. The van der Waals surface area contributed by atoms with Crippen molar-refractivity contribution in [1.82, 2.24) is 0 Å². The molecule has 0 aromatic carbocycles. The molecule has 29 heavy (non-hydrogen) atoms. The van der Waals surface area contributed by atoms with Gasteiger partial charge in [-0.25, -0.2) is 9.59 Å². The zero-order chi connectivity index (χ0) is 21.7. The summed E-state index contributed by atoms with van der Waals surface area (Å²) in [6.07, 6.45) is 14.7. The van der Waals surface area contributed by atoms with Crippen molar-refractivity contribution in [3.63, 3.8) is 0 Å². The molecule has 3 N–H and O–H groups in total. The molecule has 172 valence electrons. The minimum atomic E-state index is -1.75. The van der Waals surface area contributed by atoms with E-state index in [2.05, 4.69) is 11.7 Å². The van der Waals surface area contributed by atoms with Crippen molar-refractivity contribution in [3.8, 4) is 0 Å². The van der Waals surface area contributed by atoms with E-state index in [-0.39, 0.29) is 0 Å². The first kappa shape index (κ1) is 28.0. The van der Waals surface area contributed by atoms with Gasteiger partial charge in [-0.3, -0.25) is 0 Å². The van der Waals surface area contributed by atoms with Crippen molar-refractivity contribution in [1.29, 1.82) is 0 Å². The van der Waals surface area contributed by atoms with Crippen LogP contribution < -0.4 is 0 Å². The third-order valence-corrected chi connectivity index (χ3v) is 5.00. The number of hydrogen-bond acceptors (Lipinski definition) is 7. The van der Waals surface area contributed by atoms with Crippen LogP contribution in [0.2, 0.25) is 0 Å². The number of hydrogen-bond donors (Lipinski definition) is 3. The van der Waals surface area contributed by atoms with E-state index < -0.39 is 37.5 Å². The molecule has 0 aromatic rings. The minimum absolute atomic E-state index is 0.333. The van der Waals surface area contributed by atoms with Crippen LogP contribution in [-0.4, -0.2) is 52.9 Å². The maximum Gasteiger partial charge on any atom is 0.345 e. The van der Waals surface area contributed by atoms with E-state index in [9.17, 15) is 9.59 Å². The molecule has 0 fully saturated rings. The van der Waals surface area contributed by atoms with Gasteiger partial charge in [0.1, 0.15) is 6.79 Å². The number of carbonyl (C=O) groups is 2. The fourth-order valence-corrected chi connectivity index (χ4v) is 3.19. The fraction of sp³-hybridized carbons (Fsp3) is 0.909. The van der Waals surface area contributed by atoms with Crippen LogP contribution in [0.15, 0.2) is 0 Å². The van der Waals surface area contributed by atoms with Crippen LogP contribution in [0.4, 0.5) is 0 Å². The lowest BCUT2D eigenvalue weighted by Crippen LogP contribution is -2.34. The molecule has 0 aliphatic heterocycles. The molecule has 7 nitrogen and oxygen atoms in total. The fourth-order valence-electron chi connectivity index (χ4n) is 3.19. The number of rotatable bonds is 20. The largest absolute Gasteiger partial charge is 0.393 e. The van der Waals surface area contributed by atoms with Gasteiger partial charge in [0.2, 0.25) is 0 Å². The van der Waals surface area contributed by atoms with E-state index in [0.29, 0.717) is 12.8 Å². The maximum atomic E-state index is 11.9. The first-order valence-electron chi connectivity index (χ1n) is 11.3. The molecular formula is C22H42O7. The van der Waals surface area contributed by atoms with Crippen molar-refractivity contribution < 1.29 is 34.4 Å². The summed E-state index contributed by atoms with van der Waals surface area (Å²) in [4.78, 5) is 23.2. The van der Waals surface area contributed by atoms with Crippen LogP contribution in [0.1, 0.15) is 103 Å². The molecule has 0 bridgehead atoms. The highest BCUT2D eigenvalue weighted by molar-refractivity contribution is 5.89. The second-order valence-electron chi connectivity index (χ2n) is 7.61. The summed E-state index contributed by atoms with van der Waals surface area (Å²) in [6, 6.07) is 0. The third-order valence-electron chi connectivity index (χ3n) is 5.00. The second kappa shape index (κ2) is 20.3. The van der Waals surface area contributed by atoms with Gasteiger partial charge in [-0.1, -0.05) is 96.8 Å². The standard InChI is InChI=1S/C22H42O7/c1-2-3-4-5-6-7-8-9-10-11-12-13-14-15-16-20(28-18-24)22(27)29-21(26)19(25)17-23/h19-20,23-25H,2-18H2,1H3. The molecule has 0 rings (SSSR count). The van der Waals surface area contributed by atoms with Crippen molar-refractivity contribution in [2.24, 2.45) is 0 Å². The molecule has 0 spiro atoms. The third kappa shape index (κ3) is 16.5. The second-order valence-corrected chi connectivity index (χ2v) is 7.61. The highest BCUT2D eigenvalue weighted by atomic mass is 16.6. The average Bonchev–Trinajstić information content (AvgIpc) is 2.72. The molecule has 0 aliphatic rings. The molecule has 0 aromatic heterocycles. The number of aliphatic hydroxyl groups is 3. The molecule has 0 aliphatic carbocycles. The number of aliphatic hydroxyl groups excluding tert-OH is 3. The van der Waals surface area contributed by atoms with E-state index in [4.69, 9.17) is 20.1 Å². The average molecular weight is 419 g/mol. The SMILES string of the molecule is CCCCCCCCCCCCCCCCC(OCO)C(=O)OC(=O)C(O)CO. The summed E-state index contributed by atoms with van der Waals surface area (Å²) in [5.74, 6) is -2.17. The van der Waals surface area contributed by atoms with Gasteiger partial charge < -0.3 is 24.8 Å². The molecule has 0 radical (unpaired) electrons. The van der Waals surface area contributed by atoms with E-state index in [1.54, 1.807) is 0 Å². The van der Waals surface area contributed by atoms with Crippen LogP contribution in [0.5, 0.6) is 0 Å². The van der Waals surface area contributed by atoms with Gasteiger partial charge in [-0.05, 0) is 6.42 Å². The predicted octanol–water partition coefficient (Wildman–Crippen LogP) is 3.62. The van der Waals surface area contributed by atoms with Crippen molar-refractivity contribution in [2.75, 3.05) is 13.4 Å². The number of carbonyl (C=O) groups excluding carboxylic acids is 2. The van der Waals surface area contributed by atoms with Gasteiger partial charge in [0.15, 0.2) is 12.2 Å². The maximum absolute atomic E-state index is 11.9. The van der Waals surface area contributed by atoms with Gasteiger partial charge in [0.05, 0.1) is 6.61 Å². The van der Waals surface area contributed by atoms with Gasteiger partial charge in [0.25, 0.3) is 0 Å². The van der Waals surface area contributed by atoms with Crippen LogP contribution in [0.3, 0.4) is 0 Å². The molecule has 7 heteroatoms. The molecule has 0 heterocycles. The summed E-state index contributed by atoms with van der Waals surface area (Å²) in [6.45, 7) is 0.760. The Hall–Kier alpha value is -1.02. The normalized spacial score (nSPS) is 13.2. The first-order chi connectivity index (χ1) is 14.1. The summed E-state index contributed by atoms with van der Waals surface area (Å²) in [5, 5.41) is 26.7. The summed E-state index contributed by atoms with van der Waals surface area (Å²) >= 11 is 0. The number of ether oxygens (including phenoxy) is 2. The van der Waals surface area contributed by atoms with Gasteiger partial charge >= 0.3 is 11.9 Å². The molecule has 2 atom stereocenters. The van der Waals surface area contributed by atoms with Crippen LogP contribution in [0, 0.1) is 0 Å². The molecule has 0 saturated heterocycles. The zero-order valence-corrected chi connectivity index (χ0v) is 18.2. The summed E-state index contributed by atoms with van der Waals surface area (Å²) in [7, 11) is 0. The lowest BCUT2D eigenvalue weighted by molar-refractivity contribution is -0.178.